The van der Waals surface area contributed by atoms with Crippen molar-refractivity contribution in [3.63, 3.8) is 0 Å². The average molecular weight is 353 g/mol. The van der Waals surface area contributed by atoms with Crippen LogP contribution in [0.4, 0.5) is 0 Å². The Morgan fingerprint density at radius 2 is 2.12 bits per heavy atom. The SMILES string of the molecule is O=C(Cn1cc(C(=O)O)nn1)NCc1cc(Cl)c2c(c1)OCCO2. The quantitative estimate of drug-likeness (QED) is 0.814. The summed E-state index contributed by atoms with van der Waals surface area (Å²) in [6.07, 6.45) is 1.18. The van der Waals surface area contributed by atoms with Crippen LogP contribution in [0.1, 0.15) is 16.1 Å². The number of carbonyl (C=O) groups excluding carboxylic acids is 1. The molecule has 3 rings (SSSR count). The number of nitrogens with one attached hydrogen (secondary N) is 1. The van der Waals surface area contributed by atoms with E-state index in [0.29, 0.717) is 29.7 Å². The lowest BCUT2D eigenvalue weighted by molar-refractivity contribution is -0.122. The topological polar surface area (TPSA) is 116 Å². The normalized spacial score (nSPS) is 12.7. The Labute approximate surface area is 141 Å². The Morgan fingerprint density at radius 1 is 1.33 bits per heavy atom. The smallest absolute Gasteiger partial charge is 0.358 e. The number of hydrogen-bond acceptors (Lipinski definition) is 6. The Balaban J connectivity index is 1.59. The van der Waals surface area contributed by atoms with E-state index >= 15 is 0 Å². The molecule has 0 atom stereocenters. The van der Waals surface area contributed by atoms with E-state index in [1.807, 2.05) is 0 Å². The van der Waals surface area contributed by atoms with E-state index in [2.05, 4.69) is 15.6 Å². The standard InChI is InChI=1S/C14H13ClN4O5/c15-9-3-8(4-11-13(9)24-2-1-23-11)5-16-12(20)7-19-6-10(14(21)22)17-18-19/h3-4,6H,1-2,5,7H2,(H,16,20)(H,21,22). The van der Waals surface area contributed by atoms with Crippen molar-refractivity contribution in [1.29, 1.82) is 0 Å². The van der Waals surface area contributed by atoms with Crippen LogP contribution < -0.4 is 14.8 Å². The summed E-state index contributed by atoms with van der Waals surface area (Å²) in [7, 11) is 0. The number of hydrogen-bond donors (Lipinski definition) is 2. The molecule has 0 bridgehead atoms. The first kappa shape index (κ1) is 16.1. The van der Waals surface area contributed by atoms with E-state index in [0.717, 1.165) is 10.2 Å². The largest absolute Gasteiger partial charge is 0.486 e. The van der Waals surface area contributed by atoms with Gasteiger partial charge in [0.1, 0.15) is 19.8 Å². The molecule has 0 saturated carbocycles. The van der Waals surface area contributed by atoms with Crippen molar-refractivity contribution in [2.75, 3.05) is 13.2 Å². The van der Waals surface area contributed by atoms with Crippen LogP contribution in [0.5, 0.6) is 11.5 Å². The van der Waals surface area contributed by atoms with Gasteiger partial charge in [-0.15, -0.1) is 5.10 Å². The fourth-order valence-corrected chi connectivity index (χ4v) is 2.43. The van der Waals surface area contributed by atoms with Gasteiger partial charge >= 0.3 is 5.97 Å². The number of carbonyl (C=O) groups is 2. The van der Waals surface area contributed by atoms with Gasteiger partial charge < -0.3 is 19.9 Å². The van der Waals surface area contributed by atoms with Crippen molar-refractivity contribution < 1.29 is 24.2 Å². The summed E-state index contributed by atoms with van der Waals surface area (Å²) in [4.78, 5) is 22.6. The Kier molecular flexibility index (Phi) is 4.52. The number of halogens is 1. The van der Waals surface area contributed by atoms with Gasteiger partial charge in [0.15, 0.2) is 17.2 Å². The first-order chi connectivity index (χ1) is 11.5. The fraction of sp³-hybridized carbons (Fsp3) is 0.286. The van der Waals surface area contributed by atoms with Crippen molar-refractivity contribution in [3.05, 3.63) is 34.6 Å². The Hall–Kier alpha value is -2.81. The predicted molar refractivity (Wildman–Crippen MR) is 81.3 cm³/mol. The number of aromatic carboxylic acids is 1. The number of carboxylic acid groups (broad SMARTS) is 1. The highest BCUT2D eigenvalue weighted by atomic mass is 35.5. The van der Waals surface area contributed by atoms with Gasteiger partial charge in [-0.3, -0.25) is 4.79 Å². The van der Waals surface area contributed by atoms with Gasteiger partial charge in [-0.2, -0.15) is 0 Å². The van der Waals surface area contributed by atoms with Crippen molar-refractivity contribution in [3.8, 4) is 11.5 Å². The summed E-state index contributed by atoms with van der Waals surface area (Å²) in [5.74, 6) is -0.502. The molecule has 1 aromatic heterocycles. The van der Waals surface area contributed by atoms with E-state index < -0.39 is 5.97 Å². The number of ether oxygens (including phenoxy) is 2. The molecule has 1 aromatic carbocycles. The van der Waals surface area contributed by atoms with Crippen molar-refractivity contribution in [1.82, 2.24) is 20.3 Å². The van der Waals surface area contributed by atoms with E-state index in [4.69, 9.17) is 26.2 Å². The zero-order chi connectivity index (χ0) is 17.1. The molecular weight excluding hydrogens is 340 g/mol. The van der Waals surface area contributed by atoms with Crippen LogP contribution in [-0.4, -0.2) is 45.2 Å². The predicted octanol–water partition coefficient (Wildman–Crippen LogP) is 0.717. The van der Waals surface area contributed by atoms with Crippen LogP contribution in [0.25, 0.3) is 0 Å². The van der Waals surface area contributed by atoms with Crippen molar-refractivity contribution in [2.45, 2.75) is 13.1 Å². The molecule has 0 unspecified atom stereocenters. The molecular formula is C14H13ClN4O5. The van der Waals surface area contributed by atoms with Crippen LogP contribution >= 0.6 is 11.6 Å². The summed E-state index contributed by atoms with van der Waals surface area (Å²) in [5, 5.41) is 18.9. The van der Waals surface area contributed by atoms with Gasteiger partial charge in [0.2, 0.25) is 5.91 Å². The van der Waals surface area contributed by atoms with Gasteiger partial charge in [0.25, 0.3) is 0 Å². The lowest BCUT2D eigenvalue weighted by atomic mass is 10.2. The maximum absolute atomic E-state index is 11.9. The molecule has 0 spiro atoms. The molecule has 2 aromatic rings. The second kappa shape index (κ2) is 6.75. The summed E-state index contributed by atoms with van der Waals surface area (Å²) in [5.41, 5.74) is 0.531. The van der Waals surface area contributed by atoms with Gasteiger partial charge in [-0.05, 0) is 17.7 Å². The second-order valence-corrected chi connectivity index (χ2v) is 5.39. The van der Waals surface area contributed by atoms with E-state index in [-0.39, 0.29) is 24.7 Å². The molecule has 126 valence electrons. The van der Waals surface area contributed by atoms with Gasteiger partial charge in [0, 0.05) is 6.54 Å². The monoisotopic (exact) mass is 352 g/mol. The van der Waals surface area contributed by atoms with Crippen molar-refractivity contribution in [2.24, 2.45) is 0 Å². The molecule has 0 aliphatic carbocycles. The third kappa shape index (κ3) is 3.57. The summed E-state index contributed by atoms with van der Waals surface area (Å²) >= 11 is 6.13. The highest BCUT2D eigenvalue weighted by Crippen LogP contribution is 2.38. The minimum atomic E-state index is -1.20. The number of aromatic nitrogens is 3. The molecule has 10 heteroatoms. The maximum Gasteiger partial charge on any atom is 0.358 e. The summed E-state index contributed by atoms with van der Waals surface area (Å²) < 4.78 is 12.0. The third-order valence-electron chi connectivity index (χ3n) is 3.21. The number of amides is 1. The lowest BCUT2D eigenvalue weighted by Gasteiger charge is -2.20. The molecule has 24 heavy (non-hydrogen) atoms. The highest BCUT2D eigenvalue weighted by molar-refractivity contribution is 6.32. The molecule has 1 aliphatic heterocycles. The molecule has 0 saturated heterocycles. The molecule has 2 N–H and O–H groups in total. The maximum atomic E-state index is 11.9. The molecule has 0 radical (unpaired) electrons. The van der Waals surface area contributed by atoms with E-state index in [9.17, 15) is 9.59 Å². The van der Waals surface area contributed by atoms with E-state index in [1.54, 1.807) is 12.1 Å². The summed E-state index contributed by atoms with van der Waals surface area (Å²) in [6, 6.07) is 3.44. The van der Waals surface area contributed by atoms with E-state index in [1.165, 1.54) is 6.20 Å². The van der Waals surface area contributed by atoms with Gasteiger partial charge in [0.05, 0.1) is 11.2 Å². The molecule has 2 heterocycles. The first-order valence-electron chi connectivity index (χ1n) is 7.01. The molecule has 0 fully saturated rings. The van der Waals surface area contributed by atoms with Crippen LogP contribution in [-0.2, 0) is 17.9 Å². The fourth-order valence-electron chi connectivity index (χ4n) is 2.14. The van der Waals surface area contributed by atoms with Crippen molar-refractivity contribution >= 4 is 23.5 Å². The molecule has 9 nitrogen and oxygen atoms in total. The average Bonchev–Trinajstić information content (AvgIpc) is 3.02. The molecule has 1 amide bonds. The Morgan fingerprint density at radius 3 is 2.88 bits per heavy atom. The zero-order valence-corrected chi connectivity index (χ0v) is 13.1. The number of carboxylic acids is 1. The Bertz CT molecular complexity index is 791. The van der Waals surface area contributed by atoms with Gasteiger partial charge in [-0.25, -0.2) is 9.48 Å². The third-order valence-corrected chi connectivity index (χ3v) is 3.49. The highest BCUT2D eigenvalue weighted by Gasteiger charge is 2.17. The minimum Gasteiger partial charge on any atom is -0.486 e. The zero-order valence-electron chi connectivity index (χ0n) is 12.4. The summed E-state index contributed by atoms with van der Waals surface area (Å²) in [6.45, 7) is 0.977. The minimum absolute atomic E-state index is 0.140. The van der Waals surface area contributed by atoms with Gasteiger partial charge in [-0.1, -0.05) is 16.8 Å². The van der Waals surface area contributed by atoms with Crippen LogP contribution in [0.2, 0.25) is 5.02 Å². The van der Waals surface area contributed by atoms with Crippen LogP contribution in [0.3, 0.4) is 0 Å². The lowest BCUT2D eigenvalue weighted by Crippen LogP contribution is -2.27. The number of rotatable bonds is 5. The van der Waals surface area contributed by atoms with Crippen LogP contribution in [0, 0.1) is 0 Å². The first-order valence-corrected chi connectivity index (χ1v) is 7.39. The molecule has 1 aliphatic rings. The van der Waals surface area contributed by atoms with Crippen LogP contribution in [0.15, 0.2) is 18.3 Å². The number of benzene rings is 1. The number of nitrogens with zero attached hydrogens (tertiary/aromatic N) is 3. The number of fused-ring (bicyclic) bond motifs is 1. The second-order valence-electron chi connectivity index (χ2n) is 4.99.